The van der Waals surface area contributed by atoms with Crippen LogP contribution in [0, 0.1) is 13.8 Å². The summed E-state index contributed by atoms with van der Waals surface area (Å²) in [6.45, 7) is 8.74. The standard InChI is InChI=1S/C24H29N5O2S/c1-5-7-20-26-27-24-29(20)28-21(17-8-10-19(11-9-17)31-6-2)22(32-24)23(30)25-18-13-15(3)12-16(4)14-18/h8-14,21-22,28H,5-7H2,1-4H3,(H,25,30)/t21-,22+/m0/s1. The van der Waals surface area contributed by atoms with E-state index in [1.165, 1.54) is 11.8 Å². The Morgan fingerprint density at radius 2 is 1.84 bits per heavy atom. The van der Waals surface area contributed by atoms with Gasteiger partial charge in [-0.1, -0.05) is 36.9 Å². The van der Waals surface area contributed by atoms with E-state index < -0.39 is 5.25 Å². The van der Waals surface area contributed by atoms with Gasteiger partial charge in [-0.15, -0.1) is 10.2 Å². The molecule has 0 radical (unpaired) electrons. The number of fused-ring (bicyclic) bond motifs is 1. The van der Waals surface area contributed by atoms with Crippen molar-refractivity contribution in [2.24, 2.45) is 0 Å². The molecule has 0 unspecified atom stereocenters. The smallest absolute Gasteiger partial charge is 0.240 e. The predicted octanol–water partition coefficient (Wildman–Crippen LogP) is 4.64. The van der Waals surface area contributed by atoms with Crippen LogP contribution in [0.4, 0.5) is 5.69 Å². The zero-order valence-electron chi connectivity index (χ0n) is 18.9. The number of carbonyl (C=O) groups is 1. The number of aryl methyl sites for hydroxylation is 3. The van der Waals surface area contributed by atoms with E-state index >= 15 is 0 Å². The first kappa shape index (κ1) is 22.2. The first-order valence-electron chi connectivity index (χ1n) is 11.0. The Hall–Kier alpha value is -3.00. The summed E-state index contributed by atoms with van der Waals surface area (Å²) in [5.74, 6) is 1.62. The van der Waals surface area contributed by atoms with Gasteiger partial charge in [-0.05, 0) is 68.1 Å². The number of aromatic nitrogens is 3. The molecule has 2 heterocycles. The predicted molar refractivity (Wildman–Crippen MR) is 128 cm³/mol. The highest BCUT2D eigenvalue weighted by molar-refractivity contribution is 8.00. The van der Waals surface area contributed by atoms with Crippen LogP contribution in [0.25, 0.3) is 0 Å². The van der Waals surface area contributed by atoms with Gasteiger partial charge >= 0.3 is 0 Å². The van der Waals surface area contributed by atoms with Crippen molar-refractivity contribution in [1.82, 2.24) is 14.9 Å². The highest BCUT2D eigenvalue weighted by Gasteiger charge is 2.37. The Bertz CT molecular complexity index is 1080. The van der Waals surface area contributed by atoms with E-state index in [-0.39, 0.29) is 11.9 Å². The summed E-state index contributed by atoms with van der Waals surface area (Å²) in [5.41, 5.74) is 7.54. The molecule has 32 heavy (non-hydrogen) atoms. The Morgan fingerprint density at radius 3 is 2.50 bits per heavy atom. The lowest BCUT2D eigenvalue weighted by Gasteiger charge is -2.33. The van der Waals surface area contributed by atoms with Gasteiger partial charge in [0.1, 0.15) is 11.0 Å². The van der Waals surface area contributed by atoms with Crippen LogP contribution in [0.15, 0.2) is 47.6 Å². The summed E-state index contributed by atoms with van der Waals surface area (Å²) in [4.78, 5) is 13.4. The fourth-order valence-electron chi connectivity index (χ4n) is 3.93. The van der Waals surface area contributed by atoms with Gasteiger partial charge < -0.3 is 15.5 Å². The van der Waals surface area contributed by atoms with Crippen LogP contribution in [0.3, 0.4) is 0 Å². The van der Waals surface area contributed by atoms with E-state index in [0.29, 0.717) is 11.8 Å². The summed E-state index contributed by atoms with van der Waals surface area (Å²) in [5, 5.41) is 12.0. The number of ether oxygens (including phenoxy) is 1. The fourth-order valence-corrected chi connectivity index (χ4v) is 5.03. The molecule has 3 aromatic rings. The van der Waals surface area contributed by atoms with Crippen LogP contribution in [0.1, 0.15) is 48.8 Å². The highest BCUT2D eigenvalue weighted by Crippen LogP contribution is 2.38. The number of nitrogens with zero attached hydrogens (tertiary/aromatic N) is 3. The SMILES string of the molecule is CCCc1nnc2n1N[C@@H](c1ccc(OCC)cc1)[C@H](C(=O)Nc1cc(C)cc(C)c1)S2. The molecule has 0 saturated heterocycles. The van der Waals surface area contributed by atoms with E-state index in [0.717, 1.165) is 46.8 Å². The molecule has 1 amide bonds. The van der Waals surface area contributed by atoms with Crippen molar-refractivity contribution in [2.75, 3.05) is 17.3 Å². The maximum absolute atomic E-state index is 13.4. The molecule has 0 saturated carbocycles. The first-order valence-corrected chi connectivity index (χ1v) is 11.9. The molecule has 0 spiro atoms. The van der Waals surface area contributed by atoms with Crippen molar-refractivity contribution in [1.29, 1.82) is 0 Å². The second-order valence-corrected chi connectivity index (χ2v) is 9.11. The molecular formula is C24H29N5O2S. The number of hydrogen-bond acceptors (Lipinski definition) is 6. The van der Waals surface area contributed by atoms with E-state index in [2.05, 4.69) is 33.9 Å². The Morgan fingerprint density at radius 1 is 1.12 bits per heavy atom. The Kier molecular flexibility index (Phi) is 6.69. The summed E-state index contributed by atoms with van der Waals surface area (Å²) < 4.78 is 7.52. The topological polar surface area (TPSA) is 81.1 Å². The molecule has 0 aliphatic carbocycles. The Labute approximate surface area is 192 Å². The van der Waals surface area contributed by atoms with Crippen LogP contribution in [0.2, 0.25) is 0 Å². The number of hydrogen-bond donors (Lipinski definition) is 2. The summed E-state index contributed by atoms with van der Waals surface area (Å²) in [6, 6.07) is 13.7. The van der Waals surface area contributed by atoms with Crippen molar-refractivity contribution in [2.45, 2.75) is 57.0 Å². The van der Waals surface area contributed by atoms with Gasteiger partial charge in [-0.25, -0.2) is 4.68 Å². The molecule has 2 aromatic carbocycles. The summed E-state index contributed by atoms with van der Waals surface area (Å²) in [7, 11) is 0. The zero-order valence-corrected chi connectivity index (χ0v) is 19.7. The molecule has 168 valence electrons. The minimum absolute atomic E-state index is 0.0716. The van der Waals surface area contributed by atoms with Crippen molar-refractivity contribution in [3.8, 4) is 5.75 Å². The largest absolute Gasteiger partial charge is 0.494 e. The second-order valence-electron chi connectivity index (χ2n) is 8.00. The number of thioether (sulfide) groups is 1. The minimum Gasteiger partial charge on any atom is -0.494 e. The molecule has 4 rings (SSSR count). The highest BCUT2D eigenvalue weighted by atomic mass is 32.2. The van der Waals surface area contributed by atoms with Gasteiger partial charge in [0, 0.05) is 12.1 Å². The normalized spacial score (nSPS) is 17.4. The molecule has 1 aliphatic rings. The third kappa shape index (κ3) is 4.75. The molecule has 1 aromatic heterocycles. The lowest BCUT2D eigenvalue weighted by atomic mass is 10.0. The molecule has 2 N–H and O–H groups in total. The molecule has 8 heteroatoms. The third-order valence-electron chi connectivity index (χ3n) is 5.28. The molecule has 0 bridgehead atoms. The minimum atomic E-state index is -0.417. The van der Waals surface area contributed by atoms with Crippen molar-refractivity contribution >= 4 is 23.4 Å². The van der Waals surface area contributed by atoms with Crippen molar-refractivity contribution < 1.29 is 9.53 Å². The quantitative estimate of drug-likeness (QED) is 0.545. The van der Waals surface area contributed by atoms with Crippen molar-refractivity contribution in [3.63, 3.8) is 0 Å². The summed E-state index contributed by atoms with van der Waals surface area (Å²) >= 11 is 1.44. The van der Waals surface area contributed by atoms with Gasteiger partial charge in [0.15, 0.2) is 5.82 Å². The number of nitrogens with one attached hydrogen (secondary N) is 2. The van der Waals surface area contributed by atoms with Gasteiger partial charge in [0.25, 0.3) is 0 Å². The van der Waals surface area contributed by atoms with Gasteiger partial charge in [0.2, 0.25) is 11.1 Å². The fraction of sp³-hybridized carbons (Fsp3) is 0.375. The molecule has 2 atom stereocenters. The lowest BCUT2D eigenvalue weighted by Crippen LogP contribution is -2.41. The second kappa shape index (κ2) is 9.65. The van der Waals surface area contributed by atoms with Gasteiger partial charge in [-0.2, -0.15) is 0 Å². The van der Waals surface area contributed by atoms with Crippen LogP contribution in [0.5, 0.6) is 5.75 Å². The maximum Gasteiger partial charge on any atom is 0.240 e. The Balaban J connectivity index is 1.65. The van der Waals surface area contributed by atoms with Crippen LogP contribution < -0.4 is 15.5 Å². The third-order valence-corrected chi connectivity index (χ3v) is 6.49. The average molecular weight is 452 g/mol. The summed E-state index contributed by atoms with van der Waals surface area (Å²) in [6.07, 6.45) is 1.78. The van der Waals surface area contributed by atoms with E-state index in [1.807, 2.05) is 61.8 Å². The average Bonchev–Trinajstić information content (AvgIpc) is 3.15. The number of amides is 1. The van der Waals surface area contributed by atoms with E-state index in [4.69, 9.17) is 4.74 Å². The number of benzene rings is 2. The molecule has 7 nitrogen and oxygen atoms in total. The lowest BCUT2D eigenvalue weighted by molar-refractivity contribution is -0.116. The van der Waals surface area contributed by atoms with E-state index in [1.54, 1.807) is 0 Å². The number of rotatable bonds is 7. The van der Waals surface area contributed by atoms with Crippen molar-refractivity contribution in [3.05, 3.63) is 65.0 Å². The first-order chi connectivity index (χ1) is 15.5. The number of anilines is 1. The van der Waals surface area contributed by atoms with Crippen LogP contribution in [-0.2, 0) is 11.2 Å². The van der Waals surface area contributed by atoms with E-state index in [9.17, 15) is 4.79 Å². The van der Waals surface area contributed by atoms with Crippen LogP contribution in [-0.4, -0.2) is 32.6 Å². The molecular weight excluding hydrogens is 422 g/mol. The molecule has 1 aliphatic heterocycles. The number of carbonyl (C=O) groups excluding carboxylic acids is 1. The monoisotopic (exact) mass is 451 g/mol. The maximum atomic E-state index is 13.4. The van der Waals surface area contributed by atoms with Gasteiger partial charge in [-0.3, -0.25) is 4.79 Å². The van der Waals surface area contributed by atoms with Crippen LogP contribution >= 0.6 is 11.8 Å². The molecule has 0 fully saturated rings. The zero-order chi connectivity index (χ0) is 22.7. The van der Waals surface area contributed by atoms with Gasteiger partial charge in [0.05, 0.1) is 12.6 Å².